The van der Waals surface area contributed by atoms with Crippen LogP contribution >= 0.6 is 0 Å². The fourth-order valence-electron chi connectivity index (χ4n) is 3.44. The zero-order valence-corrected chi connectivity index (χ0v) is 16.6. The van der Waals surface area contributed by atoms with Crippen LogP contribution in [0.5, 0.6) is 0 Å². The fourth-order valence-corrected chi connectivity index (χ4v) is 3.44. The average molecular weight is 398 g/mol. The lowest BCUT2D eigenvalue weighted by Crippen LogP contribution is -2.40. The monoisotopic (exact) mass is 398 g/mol. The Balaban J connectivity index is 1.50. The van der Waals surface area contributed by atoms with Crippen molar-refractivity contribution in [1.82, 2.24) is 19.7 Å². The van der Waals surface area contributed by atoms with Crippen LogP contribution in [0.15, 0.2) is 41.5 Å². The van der Waals surface area contributed by atoms with Gasteiger partial charge in [0.05, 0.1) is 18.2 Å². The first kappa shape index (κ1) is 20.7. The van der Waals surface area contributed by atoms with Gasteiger partial charge in [-0.05, 0) is 44.4 Å². The molecule has 2 aromatic rings. The van der Waals surface area contributed by atoms with Crippen molar-refractivity contribution in [3.05, 3.63) is 47.0 Å². The summed E-state index contributed by atoms with van der Waals surface area (Å²) in [5.41, 5.74) is 1.31. The van der Waals surface area contributed by atoms with Crippen LogP contribution in [0.25, 0.3) is 11.3 Å². The average Bonchev–Trinajstić information content (AvgIpc) is 2.76. The Morgan fingerprint density at radius 2 is 2.00 bits per heavy atom. The smallest absolute Gasteiger partial charge is 0.309 e. The van der Waals surface area contributed by atoms with E-state index in [0.717, 1.165) is 5.56 Å². The molecule has 0 aliphatic carbocycles. The first-order chi connectivity index (χ1) is 14.1. The predicted molar refractivity (Wildman–Crippen MR) is 107 cm³/mol. The molecule has 0 N–H and O–H groups in total. The molecule has 8 heteroatoms. The van der Waals surface area contributed by atoms with Crippen LogP contribution in [0, 0.1) is 5.92 Å². The van der Waals surface area contributed by atoms with Gasteiger partial charge in [0.1, 0.15) is 0 Å². The number of carbonyl (C=O) groups is 2. The van der Waals surface area contributed by atoms with Gasteiger partial charge in [0, 0.05) is 50.1 Å². The van der Waals surface area contributed by atoms with Crippen molar-refractivity contribution in [1.29, 1.82) is 0 Å². The quantitative estimate of drug-likeness (QED) is 0.661. The Bertz CT molecular complexity index is 889. The van der Waals surface area contributed by atoms with E-state index < -0.39 is 0 Å². The maximum Gasteiger partial charge on any atom is 0.309 e. The minimum absolute atomic E-state index is 0.0452. The number of nitrogens with zero attached hydrogens (tertiary/aromatic N) is 4. The van der Waals surface area contributed by atoms with Crippen molar-refractivity contribution in [2.45, 2.75) is 39.2 Å². The Labute approximate surface area is 169 Å². The molecule has 0 aromatic carbocycles. The number of rotatable bonds is 7. The molecule has 1 aliphatic heterocycles. The minimum atomic E-state index is -0.194. The van der Waals surface area contributed by atoms with E-state index >= 15 is 0 Å². The Hall–Kier alpha value is -3.03. The number of amides is 1. The number of aryl methyl sites for hydroxylation is 1. The van der Waals surface area contributed by atoms with Gasteiger partial charge in [0.25, 0.3) is 5.56 Å². The second-order valence-corrected chi connectivity index (χ2v) is 7.03. The number of hydrogen-bond acceptors (Lipinski definition) is 6. The summed E-state index contributed by atoms with van der Waals surface area (Å²) in [4.78, 5) is 42.2. The van der Waals surface area contributed by atoms with Gasteiger partial charge in [-0.1, -0.05) is 0 Å². The number of piperidine rings is 1. The number of pyridine rings is 1. The number of likely N-dealkylation sites (tertiary alicyclic amines) is 1. The molecule has 0 radical (unpaired) electrons. The van der Waals surface area contributed by atoms with Crippen molar-refractivity contribution >= 4 is 11.9 Å². The molecular formula is C21H26N4O4. The van der Waals surface area contributed by atoms with Gasteiger partial charge in [-0.3, -0.25) is 19.4 Å². The summed E-state index contributed by atoms with van der Waals surface area (Å²) in [7, 11) is 0. The van der Waals surface area contributed by atoms with Crippen LogP contribution in [-0.4, -0.2) is 51.2 Å². The molecule has 1 amide bonds. The van der Waals surface area contributed by atoms with Crippen LogP contribution in [0.4, 0.5) is 0 Å². The molecule has 0 bridgehead atoms. The first-order valence-corrected chi connectivity index (χ1v) is 10.0. The highest BCUT2D eigenvalue weighted by Crippen LogP contribution is 2.19. The van der Waals surface area contributed by atoms with E-state index in [0.29, 0.717) is 57.6 Å². The highest BCUT2D eigenvalue weighted by Gasteiger charge is 2.27. The third kappa shape index (κ3) is 5.49. The summed E-state index contributed by atoms with van der Waals surface area (Å²) in [6, 6.07) is 6.86. The SMILES string of the molecule is CCOC(=O)C1CCN(C(=O)CCCn2nc(-c3cccnc3)ccc2=O)CC1. The maximum atomic E-state index is 12.5. The second kappa shape index (κ2) is 9.95. The van der Waals surface area contributed by atoms with E-state index in [-0.39, 0.29) is 23.4 Å². The van der Waals surface area contributed by atoms with Gasteiger partial charge in [0.2, 0.25) is 5.91 Å². The third-order valence-corrected chi connectivity index (χ3v) is 5.05. The van der Waals surface area contributed by atoms with Gasteiger partial charge in [-0.2, -0.15) is 5.10 Å². The van der Waals surface area contributed by atoms with Crippen molar-refractivity contribution in [2.24, 2.45) is 5.92 Å². The van der Waals surface area contributed by atoms with Crippen LogP contribution in [-0.2, 0) is 20.9 Å². The maximum absolute atomic E-state index is 12.5. The zero-order valence-electron chi connectivity index (χ0n) is 16.6. The van der Waals surface area contributed by atoms with Gasteiger partial charge in [-0.25, -0.2) is 4.68 Å². The van der Waals surface area contributed by atoms with Crippen LogP contribution in [0.3, 0.4) is 0 Å². The van der Waals surface area contributed by atoms with Crippen LogP contribution in [0.1, 0.15) is 32.6 Å². The molecule has 3 heterocycles. The van der Waals surface area contributed by atoms with Gasteiger partial charge in [-0.15, -0.1) is 0 Å². The van der Waals surface area contributed by atoms with E-state index in [2.05, 4.69) is 10.1 Å². The number of hydrogen-bond donors (Lipinski definition) is 0. The third-order valence-electron chi connectivity index (χ3n) is 5.05. The van der Waals surface area contributed by atoms with E-state index in [1.807, 2.05) is 12.1 Å². The summed E-state index contributed by atoms with van der Waals surface area (Å²) in [5, 5.41) is 4.39. The molecule has 1 fully saturated rings. The molecule has 0 spiro atoms. The summed E-state index contributed by atoms with van der Waals surface area (Å²) < 4.78 is 6.45. The molecule has 1 saturated heterocycles. The second-order valence-electron chi connectivity index (χ2n) is 7.03. The lowest BCUT2D eigenvalue weighted by Gasteiger charge is -2.31. The summed E-state index contributed by atoms with van der Waals surface area (Å²) in [5.74, 6) is -0.237. The Morgan fingerprint density at radius 1 is 1.21 bits per heavy atom. The topological polar surface area (TPSA) is 94.4 Å². The number of carbonyl (C=O) groups excluding carboxylic acids is 2. The molecule has 0 saturated carbocycles. The highest BCUT2D eigenvalue weighted by atomic mass is 16.5. The Kier molecular flexibility index (Phi) is 7.10. The van der Waals surface area contributed by atoms with Crippen molar-refractivity contribution < 1.29 is 14.3 Å². The van der Waals surface area contributed by atoms with Crippen LogP contribution < -0.4 is 5.56 Å². The van der Waals surface area contributed by atoms with E-state index in [9.17, 15) is 14.4 Å². The van der Waals surface area contributed by atoms with Gasteiger partial charge >= 0.3 is 5.97 Å². The molecule has 0 atom stereocenters. The van der Waals surface area contributed by atoms with Crippen molar-refractivity contribution in [2.75, 3.05) is 19.7 Å². The van der Waals surface area contributed by atoms with Crippen molar-refractivity contribution in [3.8, 4) is 11.3 Å². The Morgan fingerprint density at radius 3 is 2.69 bits per heavy atom. The van der Waals surface area contributed by atoms with Gasteiger partial charge < -0.3 is 9.64 Å². The molecule has 0 unspecified atom stereocenters. The van der Waals surface area contributed by atoms with E-state index in [4.69, 9.17) is 4.74 Å². The molecule has 154 valence electrons. The highest BCUT2D eigenvalue weighted by molar-refractivity contribution is 5.77. The minimum Gasteiger partial charge on any atom is -0.466 e. The largest absolute Gasteiger partial charge is 0.466 e. The van der Waals surface area contributed by atoms with E-state index in [1.54, 1.807) is 30.3 Å². The predicted octanol–water partition coefficient (Wildman–Crippen LogP) is 1.89. The number of esters is 1. The van der Waals surface area contributed by atoms with Gasteiger partial charge in [0.15, 0.2) is 0 Å². The summed E-state index contributed by atoms with van der Waals surface area (Å²) in [6.45, 7) is 3.68. The number of ether oxygens (including phenoxy) is 1. The summed E-state index contributed by atoms with van der Waals surface area (Å²) >= 11 is 0. The molecule has 1 aliphatic rings. The molecule has 8 nitrogen and oxygen atoms in total. The normalized spacial score (nSPS) is 14.6. The molecule has 2 aromatic heterocycles. The van der Waals surface area contributed by atoms with Crippen molar-refractivity contribution in [3.63, 3.8) is 0 Å². The first-order valence-electron chi connectivity index (χ1n) is 10.0. The molecule has 29 heavy (non-hydrogen) atoms. The van der Waals surface area contributed by atoms with Crippen LogP contribution in [0.2, 0.25) is 0 Å². The fraction of sp³-hybridized carbons (Fsp3) is 0.476. The molecular weight excluding hydrogens is 372 g/mol. The van der Waals surface area contributed by atoms with E-state index in [1.165, 1.54) is 10.7 Å². The lowest BCUT2D eigenvalue weighted by atomic mass is 9.97. The zero-order chi connectivity index (χ0) is 20.6. The standard InChI is InChI=1S/C21H26N4O4/c1-2-29-21(28)16-9-13-24(14-10-16)19(26)6-4-12-25-20(27)8-7-18(23-25)17-5-3-11-22-15-17/h3,5,7-8,11,15-16H,2,4,6,9-10,12-14H2,1H3. The number of aromatic nitrogens is 3. The lowest BCUT2D eigenvalue weighted by molar-refractivity contribution is -0.151. The summed E-state index contributed by atoms with van der Waals surface area (Å²) in [6.07, 6.45) is 5.52. The molecule has 3 rings (SSSR count).